The lowest BCUT2D eigenvalue weighted by molar-refractivity contribution is -0.384. The van der Waals surface area contributed by atoms with Crippen LogP contribution in [0, 0.1) is 17.0 Å². The van der Waals surface area contributed by atoms with Crippen LogP contribution in [-0.4, -0.2) is 31.9 Å². The van der Waals surface area contributed by atoms with Crippen molar-refractivity contribution in [2.75, 3.05) is 0 Å². The third-order valence-corrected chi connectivity index (χ3v) is 6.81. The first-order valence-corrected chi connectivity index (χ1v) is 11.2. The Hall–Kier alpha value is -2.52. The molecule has 2 heterocycles. The summed E-state index contributed by atoms with van der Waals surface area (Å²) in [5.41, 5.74) is 1.69. The molecule has 1 aliphatic heterocycles. The van der Waals surface area contributed by atoms with Crippen LogP contribution in [0.25, 0.3) is 6.08 Å². The molecule has 4 rings (SSSR count). The molecule has 2 aromatic rings. The third-order valence-electron chi connectivity index (χ3n) is 4.98. The van der Waals surface area contributed by atoms with Crippen molar-refractivity contribution in [3.05, 3.63) is 55.9 Å². The van der Waals surface area contributed by atoms with Crippen LogP contribution in [0.4, 0.5) is 10.8 Å². The number of nitro groups is 1. The Balaban J connectivity index is 1.66. The molecule has 0 bridgehead atoms. The highest BCUT2D eigenvalue weighted by Gasteiger charge is 2.38. The van der Waals surface area contributed by atoms with Gasteiger partial charge in [-0.2, -0.15) is 4.99 Å². The Morgan fingerprint density at radius 3 is 2.59 bits per heavy atom. The molecule has 1 aliphatic carbocycles. The Morgan fingerprint density at radius 1 is 1.24 bits per heavy atom. The summed E-state index contributed by atoms with van der Waals surface area (Å²) < 4.78 is 0. The fourth-order valence-electron chi connectivity index (χ4n) is 3.54. The monoisotopic (exact) mass is 428 g/mol. The summed E-state index contributed by atoms with van der Waals surface area (Å²) in [5, 5.41) is 14.1. The van der Waals surface area contributed by atoms with Crippen molar-refractivity contribution >= 4 is 51.1 Å². The van der Waals surface area contributed by atoms with Crippen LogP contribution in [0.3, 0.4) is 0 Å². The van der Waals surface area contributed by atoms with Gasteiger partial charge in [-0.05, 0) is 55.3 Å². The minimum atomic E-state index is -0.433. The molecule has 1 saturated heterocycles. The van der Waals surface area contributed by atoms with Gasteiger partial charge in [0.1, 0.15) is 0 Å². The number of aliphatic imine (C=N–C) groups is 1. The van der Waals surface area contributed by atoms with Gasteiger partial charge in [-0.15, -0.1) is 11.3 Å². The van der Waals surface area contributed by atoms with E-state index in [1.165, 1.54) is 41.7 Å². The topological polar surface area (TPSA) is 88.7 Å². The number of benzene rings is 1. The number of thioether (sulfide) groups is 1. The van der Waals surface area contributed by atoms with Crippen molar-refractivity contribution in [3.8, 4) is 0 Å². The summed E-state index contributed by atoms with van der Waals surface area (Å²) in [6.07, 6.45) is 7.17. The average molecular weight is 429 g/mol. The molecule has 1 amide bonds. The molecule has 2 aliphatic rings. The number of amides is 1. The lowest BCUT2D eigenvalue weighted by Gasteiger charge is -2.30. The standard InChI is InChI=1S/C20H20N4O3S2/c1-13-12-28-19(21-13)22-20-23(15-5-3-2-4-6-15)18(25)17(29-20)11-14-7-9-16(10-8-14)24(26)27/h7-12,15H,2-6H2,1H3/b17-11-,22-20+. The van der Waals surface area contributed by atoms with Gasteiger partial charge >= 0.3 is 0 Å². The van der Waals surface area contributed by atoms with E-state index in [9.17, 15) is 14.9 Å². The summed E-state index contributed by atoms with van der Waals surface area (Å²) in [7, 11) is 0. The number of hydrogen-bond donors (Lipinski definition) is 0. The Morgan fingerprint density at radius 2 is 1.97 bits per heavy atom. The van der Waals surface area contributed by atoms with E-state index < -0.39 is 4.92 Å². The van der Waals surface area contributed by atoms with Gasteiger partial charge in [-0.3, -0.25) is 19.8 Å². The number of nitrogens with zero attached hydrogens (tertiary/aromatic N) is 4. The number of carbonyl (C=O) groups excluding carboxylic acids is 1. The minimum absolute atomic E-state index is 0.0303. The normalized spacial score (nSPS) is 20.7. The van der Waals surface area contributed by atoms with E-state index in [2.05, 4.69) is 9.98 Å². The molecule has 1 saturated carbocycles. The van der Waals surface area contributed by atoms with Gasteiger partial charge in [0.2, 0.25) is 5.13 Å². The third kappa shape index (κ3) is 4.40. The second-order valence-corrected chi connectivity index (χ2v) is 8.94. The second-order valence-electron chi connectivity index (χ2n) is 7.09. The fourth-order valence-corrected chi connectivity index (χ4v) is 5.31. The van der Waals surface area contributed by atoms with Crippen molar-refractivity contribution in [1.82, 2.24) is 9.88 Å². The number of amidine groups is 1. The van der Waals surface area contributed by atoms with E-state index in [1.54, 1.807) is 18.2 Å². The number of aromatic nitrogens is 1. The number of rotatable bonds is 4. The fraction of sp³-hybridized carbons (Fsp3) is 0.350. The van der Waals surface area contributed by atoms with Crippen LogP contribution >= 0.6 is 23.1 Å². The van der Waals surface area contributed by atoms with Crippen LogP contribution < -0.4 is 0 Å². The van der Waals surface area contributed by atoms with Crippen molar-refractivity contribution in [2.24, 2.45) is 4.99 Å². The maximum absolute atomic E-state index is 13.2. The summed E-state index contributed by atoms with van der Waals surface area (Å²) in [5.74, 6) is -0.0488. The number of non-ortho nitro benzene ring substituents is 1. The smallest absolute Gasteiger partial charge is 0.269 e. The van der Waals surface area contributed by atoms with Gasteiger partial charge < -0.3 is 0 Å². The molecule has 0 atom stereocenters. The highest BCUT2D eigenvalue weighted by atomic mass is 32.2. The SMILES string of the molecule is Cc1csc(/N=C2/S/C(=C\c3ccc([N+](=O)[O-])cc3)C(=O)N2C2CCCCC2)n1. The number of nitro benzene ring substituents is 1. The summed E-state index contributed by atoms with van der Waals surface area (Å²) in [6.45, 7) is 1.92. The van der Waals surface area contributed by atoms with Gasteiger partial charge in [-0.1, -0.05) is 19.3 Å². The van der Waals surface area contributed by atoms with Crippen LogP contribution in [0.2, 0.25) is 0 Å². The van der Waals surface area contributed by atoms with Crippen molar-refractivity contribution in [1.29, 1.82) is 0 Å². The molecule has 150 valence electrons. The molecular weight excluding hydrogens is 408 g/mol. The Bertz CT molecular complexity index is 991. The number of thiazole rings is 1. The van der Waals surface area contributed by atoms with Crippen LogP contribution in [0.5, 0.6) is 0 Å². The van der Waals surface area contributed by atoms with E-state index in [4.69, 9.17) is 0 Å². The zero-order valence-corrected chi connectivity index (χ0v) is 17.5. The molecule has 1 aromatic carbocycles. The second kappa shape index (κ2) is 8.46. The van der Waals surface area contributed by atoms with Gasteiger partial charge in [-0.25, -0.2) is 4.98 Å². The highest BCUT2D eigenvalue weighted by molar-refractivity contribution is 8.18. The number of aryl methyl sites for hydroxylation is 1. The molecule has 7 nitrogen and oxygen atoms in total. The van der Waals surface area contributed by atoms with Crippen molar-refractivity contribution in [3.63, 3.8) is 0 Å². The predicted octanol–water partition coefficient (Wildman–Crippen LogP) is 5.30. The average Bonchev–Trinajstić information content (AvgIpc) is 3.26. The molecule has 0 radical (unpaired) electrons. The summed E-state index contributed by atoms with van der Waals surface area (Å²) in [6, 6.07) is 6.36. The zero-order valence-electron chi connectivity index (χ0n) is 15.9. The van der Waals surface area contributed by atoms with E-state index in [-0.39, 0.29) is 17.6 Å². The minimum Gasteiger partial charge on any atom is -0.283 e. The molecule has 0 N–H and O–H groups in total. The van der Waals surface area contributed by atoms with Crippen molar-refractivity contribution in [2.45, 2.75) is 45.1 Å². The number of hydrogen-bond acceptors (Lipinski definition) is 7. The van der Waals surface area contributed by atoms with E-state index in [0.717, 1.165) is 36.9 Å². The van der Waals surface area contributed by atoms with E-state index >= 15 is 0 Å². The summed E-state index contributed by atoms with van der Waals surface area (Å²) >= 11 is 2.81. The van der Waals surface area contributed by atoms with E-state index in [0.29, 0.717) is 15.2 Å². The molecule has 9 heteroatoms. The molecule has 2 fully saturated rings. The zero-order chi connectivity index (χ0) is 20.4. The largest absolute Gasteiger partial charge is 0.283 e. The maximum Gasteiger partial charge on any atom is 0.269 e. The maximum atomic E-state index is 13.2. The van der Waals surface area contributed by atoms with Crippen molar-refractivity contribution < 1.29 is 9.72 Å². The van der Waals surface area contributed by atoms with Crippen LogP contribution in [-0.2, 0) is 4.79 Å². The van der Waals surface area contributed by atoms with Crippen LogP contribution in [0.1, 0.15) is 43.4 Å². The van der Waals surface area contributed by atoms with Gasteiger partial charge in [0.05, 0.1) is 15.5 Å². The molecule has 0 spiro atoms. The molecular formula is C20H20N4O3S2. The van der Waals surface area contributed by atoms with Gasteiger partial charge in [0.25, 0.3) is 11.6 Å². The predicted molar refractivity (Wildman–Crippen MR) is 116 cm³/mol. The summed E-state index contributed by atoms with van der Waals surface area (Å²) in [4.78, 5) is 35.1. The molecule has 0 unspecified atom stereocenters. The molecule has 29 heavy (non-hydrogen) atoms. The first-order valence-electron chi connectivity index (χ1n) is 9.49. The first-order chi connectivity index (χ1) is 14.0. The highest BCUT2D eigenvalue weighted by Crippen LogP contribution is 2.38. The van der Waals surface area contributed by atoms with Crippen LogP contribution in [0.15, 0.2) is 39.5 Å². The number of carbonyl (C=O) groups is 1. The van der Waals surface area contributed by atoms with E-state index in [1.807, 2.05) is 17.2 Å². The lowest BCUT2D eigenvalue weighted by atomic mass is 9.94. The molecule has 1 aromatic heterocycles. The quantitative estimate of drug-likeness (QED) is 0.375. The van der Waals surface area contributed by atoms with Gasteiger partial charge in [0.15, 0.2) is 5.17 Å². The Labute approximate surface area is 176 Å². The lowest BCUT2D eigenvalue weighted by Crippen LogP contribution is -2.40. The van der Waals surface area contributed by atoms with Gasteiger partial charge in [0, 0.05) is 23.6 Å². The Kier molecular flexibility index (Phi) is 5.77. The first kappa shape index (κ1) is 19.8.